The van der Waals surface area contributed by atoms with Crippen molar-refractivity contribution in [3.05, 3.63) is 52.3 Å². The summed E-state index contributed by atoms with van der Waals surface area (Å²) in [5, 5.41) is 15.0. The SMILES string of the molecule is Cc1nc(-c2cccs2)nc2sc(C(=O)Nc3cccc(O)c3)c(N)c12. The van der Waals surface area contributed by atoms with Gasteiger partial charge in [-0.25, -0.2) is 9.97 Å². The third-order valence-electron chi connectivity index (χ3n) is 3.82. The lowest BCUT2D eigenvalue weighted by molar-refractivity contribution is 0.103. The number of phenols is 1. The molecule has 4 N–H and O–H groups in total. The Kier molecular flexibility index (Phi) is 4.06. The molecular weight excluding hydrogens is 368 g/mol. The number of carbonyl (C=O) groups is 1. The highest BCUT2D eigenvalue weighted by atomic mass is 32.1. The third-order valence-corrected chi connectivity index (χ3v) is 5.79. The first kappa shape index (κ1) is 16.5. The largest absolute Gasteiger partial charge is 0.508 e. The number of thiophene rings is 2. The number of benzene rings is 1. The second-order valence-corrected chi connectivity index (χ2v) is 7.59. The Bertz CT molecular complexity index is 1120. The molecule has 0 radical (unpaired) electrons. The van der Waals surface area contributed by atoms with Crippen LogP contribution < -0.4 is 11.1 Å². The molecule has 0 saturated carbocycles. The van der Waals surface area contributed by atoms with E-state index in [1.807, 2.05) is 24.4 Å². The summed E-state index contributed by atoms with van der Waals surface area (Å²) in [6.07, 6.45) is 0. The highest BCUT2D eigenvalue weighted by Gasteiger charge is 2.20. The van der Waals surface area contributed by atoms with Crippen molar-refractivity contribution < 1.29 is 9.90 Å². The van der Waals surface area contributed by atoms with Gasteiger partial charge in [0.15, 0.2) is 5.82 Å². The van der Waals surface area contributed by atoms with Crippen molar-refractivity contribution in [2.24, 2.45) is 0 Å². The lowest BCUT2D eigenvalue weighted by atomic mass is 10.2. The first-order valence-corrected chi connectivity index (χ1v) is 9.43. The zero-order valence-corrected chi connectivity index (χ0v) is 15.3. The van der Waals surface area contributed by atoms with Crippen molar-refractivity contribution in [3.8, 4) is 16.5 Å². The molecule has 0 unspecified atom stereocenters. The highest BCUT2D eigenvalue weighted by Crippen LogP contribution is 2.36. The predicted molar refractivity (Wildman–Crippen MR) is 106 cm³/mol. The number of fused-ring (bicyclic) bond motifs is 1. The van der Waals surface area contributed by atoms with E-state index in [0.717, 1.165) is 10.6 Å². The molecule has 0 saturated heterocycles. The Balaban J connectivity index is 1.75. The van der Waals surface area contributed by atoms with Crippen LogP contribution in [0.3, 0.4) is 0 Å². The van der Waals surface area contributed by atoms with Crippen LogP contribution in [0.25, 0.3) is 20.9 Å². The molecule has 3 aromatic heterocycles. The maximum atomic E-state index is 12.6. The standard InChI is InChI=1S/C18H14N4O2S2/c1-9-13-14(19)15(17(24)21-10-4-2-5-11(23)8-10)26-18(13)22-16(20-9)12-6-3-7-25-12/h2-8,23H,19H2,1H3,(H,21,24). The van der Waals surface area contributed by atoms with Crippen LogP contribution in [-0.2, 0) is 0 Å². The summed E-state index contributed by atoms with van der Waals surface area (Å²) in [7, 11) is 0. The molecule has 3 heterocycles. The van der Waals surface area contributed by atoms with Gasteiger partial charge in [-0.05, 0) is 30.5 Å². The molecule has 1 amide bonds. The lowest BCUT2D eigenvalue weighted by Crippen LogP contribution is -2.11. The van der Waals surface area contributed by atoms with Gasteiger partial charge in [0, 0.05) is 11.8 Å². The molecule has 8 heteroatoms. The van der Waals surface area contributed by atoms with Crippen LogP contribution in [0.15, 0.2) is 41.8 Å². The van der Waals surface area contributed by atoms with E-state index >= 15 is 0 Å². The Morgan fingerprint density at radius 1 is 1.23 bits per heavy atom. The van der Waals surface area contributed by atoms with Gasteiger partial charge >= 0.3 is 0 Å². The monoisotopic (exact) mass is 382 g/mol. The zero-order chi connectivity index (χ0) is 18.3. The Hall–Kier alpha value is -2.97. The topological polar surface area (TPSA) is 101 Å². The molecule has 4 aromatic rings. The maximum Gasteiger partial charge on any atom is 0.267 e. The predicted octanol–water partition coefficient (Wildman–Crippen LogP) is 4.27. The summed E-state index contributed by atoms with van der Waals surface area (Å²) < 4.78 is 0. The van der Waals surface area contributed by atoms with Crippen LogP contribution >= 0.6 is 22.7 Å². The van der Waals surface area contributed by atoms with Crippen LogP contribution in [0.5, 0.6) is 5.75 Å². The zero-order valence-electron chi connectivity index (χ0n) is 13.7. The summed E-state index contributed by atoms with van der Waals surface area (Å²) in [5.41, 5.74) is 7.82. The molecule has 130 valence electrons. The third kappa shape index (κ3) is 2.89. The minimum Gasteiger partial charge on any atom is -0.508 e. The van der Waals surface area contributed by atoms with Gasteiger partial charge in [0.1, 0.15) is 15.5 Å². The fraction of sp³-hybridized carbons (Fsp3) is 0.0556. The number of nitrogens with zero attached hydrogens (tertiary/aromatic N) is 2. The summed E-state index contributed by atoms with van der Waals surface area (Å²) >= 11 is 2.79. The molecule has 0 atom stereocenters. The van der Waals surface area contributed by atoms with Gasteiger partial charge in [-0.1, -0.05) is 12.1 Å². The number of rotatable bonds is 3. The number of hydrogen-bond acceptors (Lipinski definition) is 7. The summed E-state index contributed by atoms with van der Waals surface area (Å²) in [6.45, 7) is 1.86. The average molecular weight is 382 g/mol. The van der Waals surface area contributed by atoms with Crippen molar-refractivity contribution in [2.75, 3.05) is 11.1 Å². The van der Waals surface area contributed by atoms with E-state index in [0.29, 0.717) is 32.3 Å². The number of nitrogens with one attached hydrogen (secondary N) is 1. The number of aromatic nitrogens is 2. The summed E-state index contributed by atoms with van der Waals surface area (Å²) in [4.78, 5) is 23.8. The van der Waals surface area contributed by atoms with E-state index in [2.05, 4.69) is 15.3 Å². The van der Waals surface area contributed by atoms with Crippen LogP contribution in [0, 0.1) is 6.92 Å². The van der Waals surface area contributed by atoms with Crippen LogP contribution in [0.4, 0.5) is 11.4 Å². The van der Waals surface area contributed by atoms with Crippen molar-refractivity contribution >= 4 is 50.2 Å². The number of aromatic hydroxyl groups is 1. The van der Waals surface area contributed by atoms with E-state index in [1.54, 1.807) is 23.5 Å². The summed E-state index contributed by atoms with van der Waals surface area (Å²) in [5.74, 6) is 0.369. The van der Waals surface area contributed by atoms with E-state index in [1.165, 1.54) is 23.5 Å². The Morgan fingerprint density at radius 3 is 2.81 bits per heavy atom. The van der Waals surface area contributed by atoms with E-state index in [9.17, 15) is 9.90 Å². The average Bonchev–Trinajstić information content (AvgIpc) is 3.23. The fourth-order valence-electron chi connectivity index (χ4n) is 2.65. The van der Waals surface area contributed by atoms with E-state index in [4.69, 9.17) is 5.73 Å². The number of hydrogen-bond donors (Lipinski definition) is 3. The number of nitrogens with two attached hydrogens (primary N) is 1. The van der Waals surface area contributed by atoms with Gasteiger partial charge in [-0.2, -0.15) is 0 Å². The Labute approximate surface area is 157 Å². The van der Waals surface area contributed by atoms with E-state index < -0.39 is 0 Å². The van der Waals surface area contributed by atoms with Crippen molar-refractivity contribution in [2.45, 2.75) is 6.92 Å². The number of aryl methyl sites for hydroxylation is 1. The van der Waals surface area contributed by atoms with Gasteiger partial charge in [0.2, 0.25) is 0 Å². The quantitative estimate of drug-likeness (QED) is 0.491. The molecule has 0 bridgehead atoms. The molecule has 0 aliphatic heterocycles. The van der Waals surface area contributed by atoms with Gasteiger partial charge in [0.05, 0.1) is 21.6 Å². The summed E-state index contributed by atoms with van der Waals surface area (Å²) in [6, 6.07) is 10.3. The minimum atomic E-state index is -0.340. The fourth-order valence-corrected chi connectivity index (χ4v) is 4.35. The number of amides is 1. The second kappa shape index (κ2) is 6.40. The molecule has 1 aromatic carbocycles. The number of nitrogen functional groups attached to an aromatic ring is 1. The van der Waals surface area contributed by atoms with Gasteiger partial charge in [-0.3, -0.25) is 4.79 Å². The normalized spacial score (nSPS) is 11.0. The molecule has 6 nitrogen and oxygen atoms in total. The second-order valence-electron chi connectivity index (χ2n) is 5.64. The number of carbonyl (C=O) groups excluding carboxylic acids is 1. The van der Waals surface area contributed by atoms with Crippen molar-refractivity contribution in [1.82, 2.24) is 9.97 Å². The van der Waals surface area contributed by atoms with Gasteiger partial charge < -0.3 is 16.2 Å². The molecule has 0 fully saturated rings. The molecule has 0 spiro atoms. The molecule has 4 rings (SSSR count). The van der Waals surface area contributed by atoms with Gasteiger partial charge in [0.25, 0.3) is 5.91 Å². The van der Waals surface area contributed by atoms with Crippen LogP contribution in [0.2, 0.25) is 0 Å². The maximum absolute atomic E-state index is 12.6. The highest BCUT2D eigenvalue weighted by molar-refractivity contribution is 7.21. The first-order valence-electron chi connectivity index (χ1n) is 7.74. The van der Waals surface area contributed by atoms with E-state index in [-0.39, 0.29) is 11.7 Å². The minimum absolute atomic E-state index is 0.0782. The van der Waals surface area contributed by atoms with Crippen molar-refractivity contribution in [3.63, 3.8) is 0 Å². The van der Waals surface area contributed by atoms with Crippen LogP contribution in [-0.4, -0.2) is 21.0 Å². The van der Waals surface area contributed by atoms with Crippen molar-refractivity contribution in [1.29, 1.82) is 0 Å². The Morgan fingerprint density at radius 2 is 2.08 bits per heavy atom. The lowest BCUT2D eigenvalue weighted by Gasteiger charge is -2.04. The molecular formula is C18H14N4O2S2. The number of phenolic OH excluding ortho intramolecular Hbond substituents is 1. The van der Waals surface area contributed by atoms with Crippen LogP contribution in [0.1, 0.15) is 15.4 Å². The molecule has 0 aliphatic carbocycles. The first-order chi connectivity index (χ1) is 12.5. The smallest absolute Gasteiger partial charge is 0.267 e. The number of anilines is 2. The van der Waals surface area contributed by atoms with Gasteiger partial charge in [-0.15, -0.1) is 22.7 Å². The molecule has 0 aliphatic rings. The molecule has 26 heavy (non-hydrogen) atoms.